The number of hydrogen-bond donors (Lipinski definition) is 2. The van der Waals surface area contributed by atoms with Crippen LogP contribution in [-0.2, 0) is 5.60 Å². The topological polar surface area (TPSA) is 43.1 Å². The standard InChI is InChI=1S/C28H33NO3/c1-3-32-24-17-15-23(16-18-24)28(30,25-13-7-8-14-27(25)31-2)26(21-29-19-9-10-20-29)22-11-5-4-6-12-22/h4-8,11-18,26,30H,3,9-10,19-21H2,1-2H3/p+1/t26-,28+/m1/s1. The van der Waals surface area contributed by atoms with Crippen LogP contribution >= 0.6 is 0 Å². The molecule has 0 aromatic heterocycles. The third-order valence-electron chi connectivity index (χ3n) is 6.63. The fourth-order valence-corrected chi connectivity index (χ4v) is 5.04. The summed E-state index contributed by atoms with van der Waals surface area (Å²) in [4.78, 5) is 1.54. The van der Waals surface area contributed by atoms with Gasteiger partial charge in [0.05, 0.1) is 39.3 Å². The fourth-order valence-electron chi connectivity index (χ4n) is 5.04. The molecule has 0 aliphatic carbocycles. The summed E-state index contributed by atoms with van der Waals surface area (Å²) in [6.45, 7) is 5.74. The number of ether oxygens (including phenoxy) is 2. The van der Waals surface area contributed by atoms with Crippen molar-refractivity contribution in [3.63, 3.8) is 0 Å². The minimum atomic E-state index is -1.26. The summed E-state index contributed by atoms with van der Waals surface area (Å²) in [7, 11) is 1.67. The van der Waals surface area contributed by atoms with E-state index in [2.05, 4.69) is 24.3 Å². The van der Waals surface area contributed by atoms with Gasteiger partial charge in [-0.25, -0.2) is 0 Å². The molecule has 1 saturated heterocycles. The van der Waals surface area contributed by atoms with E-state index in [1.807, 2.05) is 61.5 Å². The summed E-state index contributed by atoms with van der Waals surface area (Å²) in [6, 6.07) is 26.1. The van der Waals surface area contributed by atoms with E-state index in [1.54, 1.807) is 7.11 Å². The molecular weight excluding hydrogens is 398 g/mol. The summed E-state index contributed by atoms with van der Waals surface area (Å²) in [5.74, 6) is 1.37. The second-order valence-electron chi connectivity index (χ2n) is 8.55. The molecular formula is C28H34NO3+. The predicted octanol–water partition coefficient (Wildman–Crippen LogP) is 3.79. The van der Waals surface area contributed by atoms with Crippen molar-refractivity contribution in [2.75, 3.05) is 33.4 Å². The van der Waals surface area contributed by atoms with Crippen LogP contribution in [-0.4, -0.2) is 38.5 Å². The predicted molar refractivity (Wildman–Crippen MR) is 128 cm³/mol. The molecule has 0 unspecified atom stereocenters. The lowest BCUT2D eigenvalue weighted by molar-refractivity contribution is -0.889. The monoisotopic (exact) mass is 432 g/mol. The molecule has 4 heteroatoms. The molecule has 0 saturated carbocycles. The van der Waals surface area contributed by atoms with Gasteiger partial charge in [0.25, 0.3) is 0 Å². The van der Waals surface area contributed by atoms with Gasteiger partial charge in [0.1, 0.15) is 17.1 Å². The van der Waals surface area contributed by atoms with E-state index in [4.69, 9.17) is 9.47 Å². The second kappa shape index (κ2) is 10.2. The Kier molecular flexibility index (Phi) is 7.13. The van der Waals surface area contributed by atoms with E-state index >= 15 is 0 Å². The molecule has 1 fully saturated rings. The Bertz CT molecular complexity index is 983. The summed E-state index contributed by atoms with van der Waals surface area (Å²) in [5, 5.41) is 12.7. The highest BCUT2D eigenvalue weighted by atomic mass is 16.5. The largest absolute Gasteiger partial charge is 0.496 e. The van der Waals surface area contributed by atoms with Crippen LogP contribution < -0.4 is 14.4 Å². The second-order valence-corrected chi connectivity index (χ2v) is 8.55. The van der Waals surface area contributed by atoms with Gasteiger partial charge in [-0.3, -0.25) is 0 Å². The minimum Gasteiger partial charge on any atom is -0.496 e. The van der Waals surface area contributed by atoms with Gasteiger partial charge in [-0.15, -0.1) is 0 Å². The number of aliphatic hydroxyl groups is 1. The van der Waals surface area contributed by atoms with Crippen molar-refractivity contribution in [3.8, 4) is 11.5 Å². The van der Waals surface area contributed by atoms with Crippen LogP contribution in [0.15, 0.2) is 78.9 Å². The normalized spacial score (nSPS) is 17.0. The number of benzene rings is 3. The highest BCUT2D eigenvalue weighted by Gasteiger charge is 2.45. The van der Waals surface area contributed by atoms with Gasteiger partial charge in [0, 0.05) is 18.4 Å². The summed E-state index contributed by atoms with van der Waals surface area (Å²) >= 11 is 0. The van der Waals surface area contributed by atoms with Crippen LogP contribution in [0.5, 0.6) is 11.5 Å². The van der Waals surface area contributed by atoms with E-state index in [1.165, 1.54) is 17.7 Å². The van der Waals surface area contributed by atoms with Crippen LogP contribution in [0.1, 0.15) is 42.4 Å². The first kappa shape index (κ1) is 22.4. The smallest absolute Gasteiger partial charge is 0.130 e. The molecule has 4 rings (SSSR count). The Labute approximate surface area is 191 Å². The Morgan fingerprint density at radius 2 is 1.56 bits per heavy atom. The zero-order valence-electron chi connectivity index (χ0n) is 19.1. The molecule has 1 heterocycles. The van der Waals surface area contributed by atoms with Gasteiger partial charge < -0.3 is 19.5 Å². The van der Waals surface area contributed by atoms with Gasteiger partial charge in [-0.2, -0.15) is 0 Å². The maximum Gasteiger partial charge on any atom is 0.130 e. The van der Waals surface area contributed by atoms with Crippen molar-refractivity contribution in [1.82, 2.24) is 0 Å². The summed E-state index contributed by atoms with van der Waals surface area (Å²) in [6.07, 6.45) is 2.49. The Morgan fingerprint density at radius 1 is 0.906 bits per heavy atom. The van der Waals surface area contributed by atoms with Crippen molar-refractivity contribution in [1.29, 1.82) is 0 Å². The lowest BCUT2D eigenvalue weighted by Crippen LogP contribution is -3.10. The molecule has 3 aromatic carbocycles. The van der Waals surface area contributed by atoms with E-state index in [-0.39, 0.29) is 5.92 Å². The van der Waals surface area contributed by atoms with Crippen LogP contribution in [0.2, 0.25) is 0 Å². The number of quaternary nitrogens is 1. The lowest BCUT2D eigenvalue weighted by atomic mass is 9.72. The Morgan fingerprint density at radius 3 is 2.22 bits per heavy atom. The summed E-state index contributed by atoms with van der Waals surface area (Å²) < 4.78 is 11.4. The molecule has 0 spiro atoms. The van der Waals surface area contributed by atoms with Gasteiger partial charge in [-0.05, 0) is 36.2 Å². The third-order valence-corrected chi connectivity index (χ3v) is 6.63. The number of nitrogens with one attached hydrogen (secondary N) is 1. The molecule has 32 heavy (non-hydrogen) atoms. The van der Waals surface area contributed by atoms with Gasteiger partial charge in [-0.1, -0.05) is 60.7 Å². The molecule has 0 bridgehead atoms. The van der Waals surface area contributed by atoms with Crippen LogP contribution in [0.3, 0.4) is 0 Å². The Hall–Kier alpha value is -2.82. The number of rotatable bonds is 9. The van der Waals surface area contributed by atoms with Crippen LogP contribution in [0, 0.1) is 0 Å². The van der Waals surface area contributed by atoms with Crippen LogP contribution in [0.25, 0.3) is 0 Å². The zero-order valence-corrected chi connectivity index (χ0v) is 19.1. The zero-order chi connectivity index (χ0) is 22.4. The van der Waals surface area contributed by atoms with Crippen molar-refractivity contribution in [3.05, 3.63) is 95.6 Å². The van der Waals surface area contributed by atoms with E-state index in [0.717, 1.165) is 42.1 Å². The molecule has 2 atom stereocenters. The van der Waals surface area contributed by atoms with Crippen LogP contribution in [0.4, 0.5) is 0 Å². The third kappa shape index (κ3) is 4.52. The van der Waals surface area contributed by atoms with Gasteiger partial charge in [0.2, 0.25) is 0 Å². The fraction of sp³-hybridized carbons (Fsp3) is 0.357. The number of para-hydroxylation sites is 1. The van der Waals surface area contributed by atoms with Crippen molar-refractivity contribution in [2.45, 2.75) is 31.3 Å². The molecule has 2 N–H and O–H groups in total. The molecule has 0 amide bonds. The molecule has 4 nitrogen and oxygen atoms in total. The first-order chi connectivity index (χ1) is 15.7. The quantitative estimate of drug-likeness (QED) is 0.541. The molecule has 168 valence electrons. The lowest BCUT2D eigenvalue weighted by Gasteiger charge is -2.39. The van der Waals surface area contributed by atoms with E-state index in [0.29, 0.717) is 12.4 Å². The molecule has 0 radical (unpaired) electrons. The highest BCUT2D eigenvalue weighted by Crippen LogP contribution is 2.45. The first-order valence-electron chi connectivity index (χ1n) is 11.6. The number of hydrogen-bond acceptors (Lipinski definition) is 3. The van der Waals surface area contributed by atoms with E-state index in [9.17, 15) is 5.11 Å². The highest BCUT2D eigenvalue weighted by molar-refractivity contribution is 5.49. The van der Waals surface area contributed by atoms with Gasteiger partial charge >= 0.3 is 0 Å². The summed E-state index contributed by atoms with van der Waals surface area (Å²) in [5.41, 5.74) is 1.51. The molecule has 1 aliphatic rings. The van der Waals surface area contributed by atoms with Crippen molar-refractivity contribution in [2.24, 2.45) is 0 Å². The number of likely N-dealkylation sites (tertiary alicyclic amines) is 1. The maximum absolute atomic E-state index is 12.7. The molecule has 3 aromatic rings. The van der Waals surface area contributed by atoms with E-state index < -0.39 is 5.60 Å². The Balaban J connectivity index is 1.89. The minimum absolute atomic E-state index is 0.133. The average molecular weight is 433 g/mol. The molecule has 1 aliphatic heterocycles. The SMILES string of the molecule is CCOc1ccc([C@](O)(c2ccccc2OC)[C@H](C[NH+]2CCCC2)c2ccccc2)cc1. The van der Waals surface area contributed by atoms with Crippen molar-refractivity contribution < 1.29 is 19.5 Å². The number of methoxy groups -OCH3 is 1. The van der Waals surface area contributed by atoms with Gasteiger partial charge in [0.15, 0.2) is 0 Å². The van der Waals surface area contributed by atoms with Crippen molar-refractivity contribution >= 4 is 0 Å². The maximum atomic E-state index is 12.7. The average Bonchev–Trinajstić information content (AvgIpc) is 3.37. The first-order valence-corrected chi connectivity index (χ1v) is 11.6.